The van der Waals surface area contributed by atoms with E-state index in [9.17, 15) is 28.8 Å². The third-order valence-electron chi connectivity index (χ3n) is 7.71. The number of hydrogen-bond acceptors (Lipinski definition) is 14. The molecule has 1 aliphatic carbocycles. The monoisotopic (exact) mass is 786 g/mol. The molecule has 4 aromatic rings. The minimum Gasteiger partial charge on any atom is -0.425 e. The van der Waals surface area contributed by atoms with Crippen LogP contribution in [-0.2, 0) is 34.0 Å². The zero-order chi connectivity index (χ0) is 38.1. The highest BCUT2D eigenvalue weighted by molar-refractivity contribution is 5.93. The normalized spacial score (nSPS) is 10.9. The smallest absolute Gasteiger partial charge is 0.425 e. The molecule has 4 aromatic carbocycles. The highest BCUT2D eigenvalue weighted by Gasteiger charge is 2.36. The van der Waals surface area contributed by atoms with Crippen molar-refractivity contribution in [3.8, 4) is 34.1 Å². The summed E-state index contributed by atoms with van der Waals surface area (Å²) in [7, 11) is 0. The first-order chi connectivity index (χ1) is 25.4. The van der Waals surface area contributed by atoms with E-state index in [0.29, 0.717) is 11.5 Å². The third kappa shape index (κ3) is 11.9. The van der Waals surface area contributed by atoms with E-state index in [-0.39, 0.29) is 52.3 Å². The molecule has 0 saturated heterocycles. The van der Waals surface area contributed by atoms with E-state index in [2.05, 4.69) is 32.1 Å². The molecular weight excluding hydrogens is 740 g/mol. The van der Waals surface area contributed by atoms with Gasteiger partial charge < -0.3 is 37.9 Å². The van der Waals surface area contributed by atoms with Crippen LogP contribution in [0.4, 0.5) is 9.59 Å². The van der Waals surface area contributed by atoms with Crippen LogP contribution in [0.25, 0.3) is 11.1 Å². The molecule has 302 valence electrons. The molecule has 0 unspecified atom stereocenters. The standard InChI is InChI=1S/C39H30O14.4CH4/c1-5-33(40)46-21-48-37(44)52-25-11-7-23(8-12-25)35(42)50-27-15-17-29-30-18-16-28(20-32(30)39(3,4)31(29)19-27)51-36(43)24-9-13-26(14-10-24)53-38(45)49-22-47-34(41)6-2;;;;/h5-20H,1-2,21-22H2,3-4H3;4*1H4. The molecule has 0 amide bonds. The van der Waals surface area contributed by atoms with Crippen LogP contribution in [0.3, 0.4) is 0 Å². The van der Waals surface area contributed by atoms with Crippen LogP contribution >= 0.6 is 0 Å². The topological polar surface area (TPSA) is 176 Å². The van der Waals surface area contributed by atoms with Crippen molar-refractivity contribution < 1.29 is 66.7 Å². The van der Waals surface area contributed by atoms with Gasteiger partial charge in [-0.15, -0.1) is 0 Å². The molecule has 0 aliphatic heterocycles. The van der Waals surface area contributed by atoms with Crippen LogP contribution < -0.4 is 18.9 Å². The number of carbonyl (C=O) groups is 6. The molecule has 0 fully saturated rings. The van der Waals surface area contributed by atoms with Gasteiger partial charge in [-0.1, -0.05) is 68.8 Å². The Kier molecular flexibility index (Phi) is 17.6. The summed E-state index contributed by atoms with van der Waals surface area (Å²) in [5, 5.41) is 0. The molecule has 0 N–H and O–H groups in total. The molecule has 0 atom stereocenters. The van der Waals surface area contributed by atoms with Crippen LogP contribution in [0, 0.1) is 0 Å². The van der Waals surface area contributed by atoms with Gasteiger partial charge in [0.1, 0.15) is 23.0 Å². The summed E-state index contributed by atoms with van der Waals surface area (Å²) in [4.78, 5) is 71.5. The lowest BCUT2D eigenvalue weighted by molar-refractivity contribution is -0.147. The third-order valence-corrected chi connectivity index (χ3v) is 7.71. The van der Waals surface area contributed by atoms with Crippen molar-refractivity contribution in [1.29, 1.82) is 0 Å². The Labute approximate surface area is 331 Å². The van der Waals surface area contributed by atoms with Crippen molar-refractivity contribution in [3.05, 3.63) is 132 Å². The fraction of sp³-hybridized carbons (Fsp3) is 0.209. The molecule has 0 heterocycles. The van der Waals surface area contributed by atoms with Gasteiger partial charge in [0, 0.05) is 17.6 Å². The van der Waals surface area contributed by atoms with Gasteiger partial charge in [-0.25, -0.2) is 28.8 Å². The summed E-state index contributed by atoms with van der Waals surface area (Å²) < 4.78 is 39.6. The molecule has 14 heteroatoms. The number of fused-ring (bicyclic) bond motifs is 3. The first kappa shape index (κ1) is 47.8. The zero-order valence-electron chi connectivity index (χ0n) is 28.3. The minimum atomic E-state index is -1.11. The second-order valence-corrected chi connectivity index (χ2v) is 11.4. The summed E-state index contributed by atoms with van der Waals surface area (Å²) in [6, 6.07) is 21.7. The number of rotatable bonds is 12. The summed E-state index contributed by atoms with van der Waals surface area (Å²) >= 11 is 0. The Morgan fingerprint density at radius 2 is 0.825 bits per heavy atom. The lowest BCUT2D eigenvalue weighted by Crippen LogP contribution is -2.16. The zero-order valence-corrected chi connectivity index (χ0v) is 28.3. The quantitative estimate of drug-likeness (QED) is 0.0436. The van der Waals surface area contributed by atoms with E-state index in [4.69, 9.17) is 18.9 Å². The van der Waals surface area contributed by atoms with Gasteiger partial charge in [-0.2, -0.15) is 0 Å². The molecule has 0 bridgehead atoms. The van der Waals surface area contributed by atoms with Crippen molar-refractivity contribution >= 4 is 36.2 Å². The van der Waals surface area contributed by atoms with Gasteiger partial charge in [0.2, 0.25) is 13.6 Å². The second-order valence-electron chi connectivity index (χ2n) is 11.4. The Balaban J connectivity index is 0.00000406. The van der Waals surface area contributed by atoms with Crippen LogP contribution in [0.1, 0.15) is 75.4 Å². The lowest BCUT2D eigenvalue weighted by atomic mass is 9.82. The van der Waals surface area contributed by atoms with Gasteiger partial charge >= 0.3 is 36.2 Å². The van der Waals surface area contributed by atoms with E-state index < -0.39 is 55.2 Å². The van der Waals surface area contributed by atoms with Crippen molar-refractivity contribution in [2.45, 2.75) is 49.0 Å². The molecule has 1 aliphatic rings. The number of carbonyl (C=O) groups excluding carboxylic acids is 6. The molecule has 5 rings (SSSR count). The van der Waals surface area contributed by atoms with Crippen molar-refractivity contribution in [2.24, 2.45) is 0 Å². The Hall–Kier alpha value is -7.22. The van der Waals surface area contributed by atoms with Crippen LogP contribution in [0.2, 0.25) is 0 Å². The Morgan fingerprint density at radius 1 is 0.491 bits per heavy atom. The Morgan fingerprint density at radius 3 is 1.16 bits per heavy atom. The summed E-state index contributed by atoms with van der Waals surface area (Å²) in [6.45, 7) is 9.13. The largest absolute Gasteiger partial charge is 0.516 e. The number of hydrogen-bond donors (Lipinski definition) is 0. The van der Waals surface area contributed by atoms with Crippen molar-refractivity contribution in [2.75, 3.05) is 13.6 Å². The Bertz CT molecular complexity index is 1950. The number of esters is 4. The molecule has 0 spiro atoms. The van der Waals surface area contributed by atoms with Gasteiger partial charge in [-0.3, -0.25) is 0 Å². The van der Waals surface area contributed by atoms with Crippen molar-refractivity contribution in [1.82, 2.24) is 0 Å². The fourth-order valence-corrected chi connectivity index (χ4v) is 5.11. The van der Waals surface area contributed by atoms with Crippen LogP contribution in [0.15, 0.2) is 110 Å². The van der Waals surface area contributed by atoms with Gasteiger partial charge in [0.15, 0.2) is 0 Å². The predicted molar refractivity (Wildman–Crippen MR) is 210 cm³/mol. The summed E-state index contributed by atoms with van der Waals surface area (Å²) in [5.74, 6) is -2.06. The highest BCUT2D eigenvalue weighted by atomic mass is 16.8. The van der Waals surface area contributed by atoms with E-state index in [1.165, 1.54) is 48.5 Å². The SMILES string of the molecule is C.C.C.C.C=CC(=O)OCOC(=O)Oc1ccc(C(=O)Oc2ccc3c(c2)C(C)(C)c2cc(OC(=O)c4ccc(OC(=O)OCOC(=O)C=C)cc4)ccc2-3)cc1. The van der Waals surface area contributed by atoms with Crippen LogP contribution in [-0.4, -0.2) is 49.8 Å². The van der Waals surface area contributed by atoms with Gasteiger partial charge in [0.25, 0.3) is 0 Å². The predicted octanol–water partition coefficient (Wildman–Crippen LogP) is 9.38. The maximum Gasteiger partial charge on any atom is 0.516 e. The molecule has 0 aromatic heterocycles. The lowest BCUT2D eigenvalue weighted by Gasteiger charge is -2.22. The van der Waals surface area contributed by atoms with E-state index in [1.807, 2.05) is 26.0 Å². The van der Waals surface area contributed by atoms with Crippen molar-refractivity contribution in [3.63, 3.8) is 0 Å². The summed E-state index contributed by atoms with van der Waals surface area (Å²) in [5.41, 5.74) is 3.42. The molecule has 14 nitrogen and oxygen atoms in total. The first-order valence-electron chi connectivity index (χ1n) is 15.6. The molecule has 0 saturated carbocycles. The average Bonchev–Trinajstić information content (AvgIpc) is 3.36. The fourth-order valence-electron chi connectivity index (χ4n) is 5.11. The van der Waals surface area contributed by atoms with E-state index in [0.717, 1.165) is 34.4 Å². The molecular formula is C43H46O14. The van der Waals surface area contributed by atoms with E-state index >= 15 is 0 Å². The maximum absolute atomic E-state index is 13.0. The highest BCUT2D eigenvalue weighted by Crippen LogP contribution is 2.50. The number of benzene rings is 4. The second kappa shape index (κ2) is 21.0. The average molecular weight is 787 g/mol. The summed E-state index contributed by atoms with van der Waals surface area (Å²) in [6.07, 6.45) is -0.401. The molecule has 57 heavy (non-hydrogen) atoms. The van der Waals surface area contributed by atoms with Gasteiger partial charge in [-0.05, 0) is 95.1 Å². The van der Waals surface area contributed by atoms with Gasteiger partial charge in [0.05, 0.1) is 11.1 Å². The molecule has 0 radical (unpaired) electrons. The maximum atomic E-state index is 13.0. The van der Waals surface area contributed by atoms with E-state index in [1.54, 1.807) is 24.3 Å². The number of ether oxygens (including phenoxy) is 8. The minimum absolute atomic E-state index is 0. The van der Waals surface area contributed by atoms with Crippen LogP contribution in [0.5, 0.6) is 23.0 Å². The first-order valence-corrected chi connectivity index (χ1v) is 15.6.